The number of fused-ring (bicyclic) bond motifs is 1. The van der Waals surface area contributed by atoms with Crippen molar-refractivity contribution in [1.82, 2.24) is 4.90 Å². The van der Waals surface area contributed by atoms with E-state index in [1.807, 2.05) is 12.1 Å². The lowest BCUT2D eigenvalue weighted by molar-refractivity contribution is -0.149. The number of amides is 1. The number of rotatable bonds is 5. The Morgan fingerprint density at radius 3 is 2.71 bits per heavy atom. The molecule has 1 unspecified atom stereocenters. The topological polar surface area (TPSA) is 55.8 Å². The summed E-state index contributed by atoms with van der Waals surface area (Å²) in [6.07, 6.45) is 0. The van der Waals surface area contributed by atoms with Crippen LogP contribution in [0.4, 0.5) is 0 Å². The highest BCUT2D eigenvalue weighted by atomic mass is 35.5. The van der Waals surface area contributed by atoms with Gasteiger partial charge in [0.05, 0.1) is 7.11 Å². The van der Waals surface area contributed by atoms with E-state index in [2.05, 4.69) is 0 Å². The molecule has 0 aliphatic carbocycles. The van der Waals surface area contributed by atoms with Crippen LogP contribution in [0.1, 0.15) is 5.56 Å². The van der Waals surface area contributed by atoms with Gasteiger partial charge in [0, 0.05) is 11.6 Å². The third-order valence-corrected chi connectivity index (χ3v) is 6.10. The van der Waals surface area contributed by atoms with Crippen LogP contribution in [-0.4, -0.2) is 46.3 Å². The van der Waals surface area contributed by atoms with Crippen molar-refractivity contribution in [2.45, 2.75) is 17.4 Å². The summed E-state index contributed by atoms with van der Waals surface area (Å²) >= 11 is 13.4. The Bertz CT molecular complexity index is 692. The van der Waals surface area contributed by atoms with Gasteiger partial charge >= 0.3 is 5.97 Å². The van der Waals surface area contributed by atoms with Crippen LogP contribution in [0.3, 0.4) is 0 Å². The van der Waals surface area contributed by atoms with E-state index in [-0.39, 0.29) is 29.5 Å². The predicted molar refractivity (Wildman–Crippen MR) is 93.3 cm³/mol. The zero-order valence-corrected chi connectivity index (χ0v) is 15.2. The summed E-state index contributed by atoms with van der Waals surface area (Å²) < 4.78 is 10.5. The third kappa shape index (κ3) is 3.10. The van der Waals surface area contributed by atoms with Crippen LogP contribution in [0.15, 0.2) is 35.5 Å². The van der Waals surface area contributed by atoms with Crippen LogP contribution in [0.5, 0.6) is 5.75 Å². The lowest BCUT2D eigenvalue weighted by Gasteiger charge is -2.47. The minimum absolute atomic E-state index is 0.103. The van der Waals surface area contributed by atoms with Gasteiger partial charge in [0.2, 0.25) is 5.91 Å². The lowest BCUT2D eigenvalue weighted by Crippen LogP contribution is -2.62. The summed E-state index contributed by atoms with van der Waals surface area (Å²) in [7, 11) is 1.58. The number of ether oxygens (including phenoxy) is 2. The Labute approximate surface area is 153 Å². The molecular weight excluding hydrogens is 373 g/mol. The van der Waals surface area contributed by atoms with Crippen LogP contribution in [0.25, 0.3) is 0 Å². The van der Waals surface area contributed by atoms with Gasteiger partial charge in [0.15, 0.2) is 0 Å². The van der Waals surface area contributed by atoms with E-state index < -0.39 is 11.3 Å². The molecule has 1 amide bonds. The standard InChI is InChI=1S/C16H15Cl2NO4S/c1-22-11-4-2-9(3-5-11)7-23-16(21)13-10(6-17)8-24-15-12(18)14(20)19(13)15/h2-5,12,15H,6-8H2,1H3/t12?,15-/m1/s1. The van der Waals surface area contributed by atoms with Gasteiger partial charge in [-0.3, -0.25) is 9.69 Å². The van der Waals surface area contributed by atoms with Crippen molar-refractivity contribution in [1.29, 1.82) is 0 Å². The molecule has 2 heterocycles. The predicted octanol–water partition coefficient (Wildman–Crippen LogP) is 2.75. The quantitative estimate of drug-likeness (QED) is 0.441. The number of hydrogen-bond acceptors (Lipinski definition) is 5. The van der Waals surface area contributed by atoms with Crippen molar-refractivity contribution in [2.24, 2.45) is 0 Å². The van der Waals surface area contributed by atoms with E-state index in [9.17, 15) is 9.59 Å². The number of hydrogen-bond donors (Lipinski definition) is 0. The molecule has 0 N–H and O–H groups in total. The molecule has 24 heavy (non-hydrogen) atoms. The lowest BCUT2D eigenvalue weighted by atomic mass is 10.1. The van der Waals surface area contributed by atoms with Gasteiger partial charge in [-0.2, -0.15) is 0 Å². The second-order valence-electron chi connectivity index (χ2n) is 5.32. The monoisotopic (exact) mass is 387 g/mol. The first kappa shape index (κ1) is 17.5. The maximum atomic E-state index is 12.5. The van der Waals surface area contributed by atoms with Crippen molar-refractivity contribution in [2.75, 3.05) is 18.7 Å². The maximum absolute atomic E-state index is 12.5. The molecule has 1 saturated heterocycles. The highest BCUT2D eigenvalue weighted by Crippen LogP contribution is 2.43. The summed E-state index contributed by atoms with van der Waals surface area (Å²) in [5.74, 6) is 0.623. The van der Waals surface area contributed by atoms with Crippen LogP contribution in [-0.2, 0) is 20.9 Å². The Morgan fingerprint density at radius 2 is 2.08 bits per heavy atom. The molecule has 2 atom stereocenters. The average Bonchev–Trinajstić information content (AvgIpc) is 2.64. The maximum Gasteiger partial charge on any atom is 0.355 e. The van der Waals surface area contributed by atoms with Gasteiger partial charge in [-0.05, 0) is 23.3 Å². The number of methoxy groups -OCH3 is 1. The van der Waals surface area contributed by atoms with Gasteiger partial charge in [-0.1, -0.05) is 12.1 Å². The fourth-order valence-electron chi connectivity index (χ4n) is 2.53. The molecule has 8 heteroatoms. The molecule has 0 aromatic heterocycles. The SMILES string of the molecule is COc1ccc(COC(=O)C2=C(CCl)CS[C@@H]3C(Cl)C(=O)N23)cc1. The van der Waals surface area contributed by atoms with E-state index in [1.165, 1.54) is 16.7 Å². The first-order chi connectivity index (χ1) is 11.6. The first-order valence-corrected chi connectivity index (χ1v) is 9.25. The van der Waals surface area contributed by atoms with Crippen molar-refractivity contribution >= 4 is 46.8 Å². The highest BCUT2D eigenvalue weighted by Gasteiger charge is 2.52. The van der Waals surface area contributed by atoms with Crippen molar-refractivity contribution in [3.05, 3.63) is 41.1 Å². The number of carbonyl (C=O) groups excluding carboxylic acids is 2. The number of alkyl halides is 2. The van der Waals surface area contributed by atoms with Gasteiger partial charge in [-0.25, -0.2) is 4.79 Å². The Morgan fingerprint density at radius 1 is 1.38 bits per heavy atom. The highest BCUT2D eigenvalue weighted by molar-refractivity contribution is 8.00. The van der Waals surface area contributed by atoms with E-state index >= 15 is 0 Å². The van der Waals surface area contributed by atoms with Crippen LogP contribution >= 0.6 is 35.0 Å². The van der Waals surface area contributed by atoms with E-state index in [0.29, 0.717) is 11.3 Å². The fourth-order valence-corrected chi connectivity index (χ4v) is 4.56. The second-order valence-corrected chi connectivity index (χ2v) is 7.16. The molecule has 1 fully saturated rings. The molecule has 0 bridgehead atoms. The molecule has 1 aromatic rings. The molecule has 0 radical (unpaired) electrons. The molecule has 2 aliphatic rings. The summed E-state index contributed by atoms with van der Waals surface area (Å²) in [5.41, 5.74) is 1.75. The smallest absolute Gasteiger partial charge is 0.355 e. The third-order valence-electron chi connectivity index (χ3n) is 3.87. The zero-order valence-electron chi connectivity index (χ0n) is 12.8. The van der Waals surface area contributed by atoms with E-state index in [1.54, 1.807) is 19.2 Å². The minimum Gasteiger partial charge on any atom is -0.497 e. The Balaban J connectivity index is 1.72. The number of β-lactam (4-membered cyclic amide) rings is 1. The van der Waals surface area contributed by atoms with Crippen LogP contribution in [0.2, 0.25) is 0 Å². The summed E-state index contributed by atoms with van der Waals surface area (Å²) in [6.45, 7) is 0.103. The number of thioether (sulfide) groups is 1. The van der Waals surface area contributed by atoms with Crippen molar-refractivity contribution in [3.8, 4) is 5.75 Å². The molecule has 3 rings (SSSR count). The van der Waals surface area contributed by atoms with E-state index in [4.69, 9.17) is 32.7 Å². The molecule has 2 aliphatic heterocycles. The number of halogens is 2. The van der Waals surface area contributed by atoms with Crippen molar-refractivity contribution < 1.29 is 19.1 Å². The van der Waals surface area contributed by atoms with E-state index in [0.717, 1.165) is 11.3 Å². The number of carbonyl (C=O) groups is 2. The molecular formula is C16H15Cl2NO4S. The summed E-state index contributed by atoms with van der Waals surface area (Å²) in [4.78, 5) is 25.9. The zero-order chi connectivity index (χ0) is 17.3. The van der Waals surface area contributed by atoms with Crippen LogP contribution in [0, 0.1) is 0 Å². The molecule has 5 nitrogen and oxygen atoms in total. The summed E-state index contributed by atoms with van der Waals surface area (Å²) in [6, 6.07) is 7.20. The molecule has 0 spiro atoms. The second kappa shape index (κ2) is 7.25. The number of nitrogens with zero attached hydrogens (tertiary/aromatic N) is 1. The molecule has 1 aromatic carbocycles. The minimum atomic E-state index is -0.601. The Hall–Kier alpha value is -1.37. The van der Waals surface area contributed by atoms with Gasteiger partial charge < -0.3 is 9.47 Å². The van der Waals surface area contributed by atoms with Gasteiger partial charge in [0.25, 0.3) is 0 Å². The summed E-state index contributed by atoms with van der Waals surface area (Å²) in [5, 5.41) is -0.828. The van der Waals surface area contributed by atoms with Crippen LogP contribution < -0.4 is 4.74 Å². The normalized spacial score (nSPS) is 22.8. The van der Waals surface area contributed by atoms with Gasteiger partial charge in [-0.15, -0.1) is 35.0 Å². The number of benzene rings is 1. The molecule has 0 saturated carbocycles. The van der Waals surface area contributed by atoms with Crippen molar-refractivity contribution in [3.63, 3.8) is 0 Å². The molecule has 128 valence electrons. The van der Waals surface area contributed by atoms with Gasteiger partial charge in [0.1, 0.15) is 28.8 Å². The number of esters is 1. The fraction of sp³-hybridized carbons (Fsp3) is 0.375. The Kier molecular flexibility index (Phi) is 5.27. The first-order valence-electron chi connectivity index (χ1n) is 7.23. The largest absolute Gasteiger partial charge is 0.497 e. The average molecular weight is 388 g/mol.